The van der Waals surface area contributed by atoms with E-state index in [1.165, 1.54) is 25.3 Å². The number of benzene rings is 1. The fourth-order valence-corrected chi connectivity index (χ4v) is 1.45. The molecule has 1 heterocycles. The van der Waals surface area contributed by atoms with Crippen LogP contribution in [0.15, 0.2) is 24.3 Å². The number of pyridine rings is 1. The Labute approximate surface area is 94.5 Å². The van der Waals surface area contributed by atoms with Crippen molar-refractivity contribution >= 4 is 10.9 Å². The third-order valence-corrected chi connectivity index (χ3v) is 2.27. The first-order valence-corrected chi connectivity index (χ1v) is 4.65. The second-order valence-electron chi connectivity index (χ2n) is 3.39. The van der Waals surface area contributed by atoms with Crippen LogP contribution in [-0.4, -0.2) is 12.1 Å². The Bertz CT molecular complexity index is 566. The van der Waals surface area contributed by atoms with Crippen molar-refractivity contribution in [2.75, 3.05) is 7.11 Å². The quantitative estimate of drug-likeness (QED) is 0.768. The van der Waals surface area contributed by atoms with E-state index >= 15 is 0 Å². The highest BCUT2D eigenvalue weighted by molar-refractivity contribution is 5.86. The van der Waals surface area contributed by atoms with Crippen LogP contribution in [0.2, 0.25) is 0 Å². The molecule has 17 heavy (non-hydrogen) atoms. The standard InChI is InChI=1S/C11H7F3NO2/c1-17-6-2-3-8-7(4-6)9(16)5-10(15-8)11(12,13)14/h2-5H,1H3. The molecule has 0 unspecified atom stereocenters. The summed E-state index contributed by atoms with van der Waals surface area (Å²) in [6, 6.07) is 4.63. The van der Waals surface area contributed by atoms with Gasteiger partial charge < -0.3 is 4.74 Å². The monoisotopic (exact) mass is 242 g/mol. The Balaban J connectivity index is 2.68. The van der Waals surface area contributed by atoms with Crippen LogP contribution in [0.5, 0.6) is 11.5 Å². The van der Waals surface area contributed by atoms with Crippen molar-refractivity contribution in [1.29, 1.82) is 0 Å². The molecule has 0 saturated carbocycles. The Kier molecular flexibility index (Phi) is 2.57. The molecule has 0 atom stereocenters. The molecule has 0 aliphatic rings. The Morgan fingerprint density at radius 1 is 1.24 bits per heavy atom. The van der Waals surface area contributed by atoms with Crippen molar-refractivity contribution in [3.63, 3.8) is 0 Å². The van der Waals surface area contributed by atoms with Gasteiger partial charge in [0.05, 0.1) is 18.0 Å². The molecule has 0 spiro atoms. The van der Waals surface area contributed by atoms with Gasteiger partial charge in [-0.05, 0) is 18.2 Å². The minimum atomic E-state index is -4.62. The average Bonchev–Trinajstić information content (AvgIpc) is 2.27. The SMILES string of the molecule is COc1ccc2nc(C(F)(F)F)cc([O])c2c1. The van der Waals surface area contributed by atoms with Gasteiger partial charge in [0.25, 0.3) is 0 Å². The van der Waals surface area contributed by atoms with Crippen LogP contribution in [0, 0.1) is 0 Å². The van der Waals surface area contributed by atoms with Crippen LogP contribution in [0.3, 0.4) is 0 Å². The maximum Gasteiger partial charge on any atom is 0.433 e. The van der Waals surface area contributed by atoms with Crippen LogP contribution in [0.25, 0.3) is 10.9 Å². The molecule has 0 amide bonds. The third-order valence-electron chi connectivity index (χ3n) is 2.27. The van der Waals surface area contributed by atoms with Gasteiger partial charge in [-0.1, -0.05) is 0 Å². The minimum Gasteiger partial charge on any atom is -0.497 e. The summed E-state index contributed by atoms with van der Waals surface area (Å²) in [6.07, 6.45) is -4.62. The Hall–Kier alpha value is -1.98. The number of rotatable bonds is 1. The third kappa shape index (κ3) is 2.11. The number of methoxy groups -OCH3 is 1. The molecule has 2 rings (SSSR count). The van der Waals surface area contributed by atoms with Gasteiger partial charge in [0.2, 0.25) is 0 Å². The average molecular weight is 242 g/mol. The van der Waals surface area contributed by atoms with Gasteiger partial charge in [0.15, 0.2) is 5.75 Å². The summed E-state index contributed by atoms with van der Waals surface area (Å²) in [5.41, 5.74) is -1.18. The number of hydrogen-bond acceptors (Lipinski definition) is 2. The predicted molar refractivity (Wildman–Crippen MR) is 53.4 cm³/mol. The van der Waals surface area contributed by atoms with Gasteiger partial charge in [0.1, 0.15) is 11.4 Å². The summed E-state index contributed by atoms with van der Waals surface area (Å²) in [4.78, 5) is 3.40. The number of halogens is 3. The summed E-state index contributed by atoms with van der Waals surface area (Å²) in [6.45, 7) is 0. The molecule has 0 N–H and O–H groups in total. The molecular weight excluding hydrogens is 235 g/mol. The van der Waals surface area contributed by atoms with Gasteiger partial charge in [-0.3, -0.25) is 5.11 Å². The molecule has 0 bridgehead atoms. The van der Waals surface area contributed by atoms with Crippen LogP contribution in [0.4, 0.5) is 13.2 Å². The van der Waals surface area contributed by atoms with Crippen molar-refractivity contribution < 1.29 is 23.0 Å². The highest BCUT2D eigenvalue weighted by Gasteiger charge is 2.33. The largest absolute Gasteiger partial charge is 0.497 e. The normalized spacial score (nSPS) is 11.8. The Morgan fingerprint density at radius 2 is 1.94 bits per heavy atom. The molecule has 1 aromatic carbocycles. The summed E-state index contributed by atoms with van der Waals surface area (Å²) in [7, 11) is 1.41. The smallest absolute Gasteiger partial charge is 0.433 e. The molecule has 6 heteroatoms. The van der Waals surface area contributed by atoms with E-state index in [0.29, 0.717) is 11.8 Å². The van der Waals surface area contributed by atoms with Crippen molar-refractivity contribution in [3.8, 4) is 11.5 Å². The van der Waals surface area contributed by atoms with Gasteiger partial charge in [-0.15, -0.1) is 0 Å². The maximum atomic E-state index is 12.4. The zero-order valence-corrected chi connectivity index (χ0v) is 8.71. The molecule has 0 aliphatic carbocycles. The minimum absolute atomic E-state index is 0.00521. The lowest BCUT2D eigenvalue weighted by Gasteiger charge is -2.08. The molecule has 2 aromatic rings. The zero-order chi connectivity index (χ0) is 12.6. The summed E-state index contributed by atoms with van der Waals surface area (Å²) in [5, 5.41) is 11.6. The van der Waals surface area contributed by atoms with Gasteiger partial charge in [-0.2, -0.15) is 13.2 Å². The number of fused-ring (bicyclic) bond motifs is 1. The maximum absolute atomic E-state index is 12.4. The van der Waals surface area contributed by atoms with Crippen LogP contribution in [0.1, 0.15) is 5.69 Å². The molecule has 89 valence electrons. The summed E-state index contributed by atoms with van der Waals surface area (Å²) in [5.74, 6) is -0.322. The zero-order valence-electron chi connectivity index (χ0n) is 8.71. The second-order valence-corrected chi connectivity index (χ2v) is 3.39. The van der Waals surface area contributed by atoms with Crippen LogP contribution in [-0.2, 0) is 11.3 Å². The molecule has 0 saturated heterocycles. The van der Waals surface area contributed by atoms with E-state index in [9.17, 15) is 18.3 Å². The highest BCUT2D eigenvalue weighted by atomic mass is 19.4. The van der Waals surface area contributed by atoms with E-state index in [-0.39, 0.29) is 10.9 Å². The van der Waals surface area contributed by atoms with E-state index in [1.807, 2.05) is 0 Å². The number of aromatic nitrogens is 1. The fourth-order valence-electron chi connectivity index (χ4n) is 1.45. The molecule has 0 fully saturated rings. The number of hydrogen-bond donors (Lipinski definition) is 0. The van der Waals surface area contributed by atoms with Gasteiger partial charge >= 0.3 is 6.18 Å². The van der Waals surface area contributed by atoms with Crippen LogP contribution >= 0.6 is 0 Å². The molecule has 0 aliphatic heterocycles. The predicted octanol–water partition coefficient (Wildman–Crippen LogP) is 3.41. The lowest BCUT2D eigenvalue weighted by atomic mass is 10.1. The van der Waals surface area contributed by atoms with Gasteiger partial charge in [-0.25, -0.2) is 4.98 Å². The van der Waals surface area contributed by atoms with Gasteiger partial charge in [0, 0.05) is 6.07 Å². The number of ether oxygens (including phenoxy) is 1. The summed E-state index contributed by atoms with van der Waals surface area (Å²) < 4.78 is 42.1. The van der Waals surface area contributed by atoms with E-state index in [1.54, 1.807) is 0 Å². The molecule has 1 radical (unpaired) electrons. The lowest BCUT2D eigenvalue weighted by molar-refractivity contribution is -0.141. The molecule has 3 nitrogen and oxygen atoms in total. The van der Waals surface area contributed by atoms with E-state index in [4.69, 9.17) is 4.74 Å². The number of nitrogens with zero attached hydrogens (tertiary/aromatic N) is 1. The fraction of sp³-hybridized carbons (Fsp3) is 0.182. The van der Waals surface area contributed by atoms with Crippen LogP contribution < -0.4 is 4.74 Å². The first kappa shape index (κ1) is 11.5. The van der Waals surface area contributed by atoms with E-state index in [2.05, 4.69) is 4.98 Å². The first-order valence-electron chi connectivity index (χ1n) is 4.65. The van der Waals surface area contributed by atoms with Crippen molar-refractivity contribution in [2.24, 2.45) is 0 Å². The first-order chi connectivity index (χ1) is 7.91. The highest BCUT2D eigenvalue weighted by Crippen LogP contribution is 2.34. The Morgan fingerprint density at radius 3 is 2.53 bits per heavy atom. The number of alkyl halides is 3. The van der Waals surface area contributed by atoms with Crippen molar-refractivity contribution in [3.05, 3.63) is 30.0 Å². The lowest BCUT2D eigenvalue weighted by Crippen LogP contribution is -2.07. The van der Waals surface area contributed by atoms with Crippen molar-refractivity contribution in [1.82, 2.24) is 4.98 Å². The van der Waals surface area contributed by atoms with Crippen molar-refractivity contribution in [2.45, 2.75) is 6.18 Å². The summed E-state index contributed by atoms with van der Waals surface area (Å²) >= 11 is 0. The molecular formula is C11H7F3NO2. The molecule has 1 aromatic heterocycles. The van der Waals surface area contributed by atoms with E-state index in [0.717, 1.165) is 0 Å². The van der Waals surface area contributed by atoms with E-state index < -0.39 is 17.6 Å². The second kappa shape index (κ2) is 3.80. The topological polar surface area (TPSA) is 42.0 Å².